The first-order valence-electron chi connectivity index (χ1n) is 11.0. The van der Waals surface area contributed by atoms with E-state index in [0.29, 0.717) is 25.6 Å². The predicted octanol–water partition coefficient (Wildman–Crippen LogP) is 4.63. The minimum atomic E-state index is -0.603. The average molecular weight is 442 g/mol. The van der Waals surface area contributed by atoms with Gasteiger partial charge in [-0.05, 0) is 32.0 Å². The molecule has 1 atom stereocenters. The second-order valence-electron chi connectivity index (χ2n) is 7.70. The van der Waals surface area contributed by atoms with E-state index in [0.717, 1.165) is 29.8 Å². The summed E-state index contributed by atoms with van der Waals surface area (Å²) in [5.74, 6) is 0.197. The maximum atomic E-state index is 14.3. The lowest BCUT2D eigenvalue weighted by Crippen LogP contribution is -2.35. The molecule has 0 radical (unpaired) electrons. The van der Waals surface area contributed by atoms with Gasteiger partial charge in [0.1, 0.15) is 5.69 Å². The number of halogens is 1. The van der Waals surface area contributed by atoms with Crippen LogP contribution in [0.4, 0.5) is 4.39 Å². The predicted molar refractivity (Wildman–Crippen MR) is 123 cm³/mol. The van der Waals surface area contributed by atoms with Crippen LogP contribution in [0.2, 0.25) is 0 Å². The Labute approximate surface area is 189 Å². The van der Waals surface area contributed by atoms with Gasteiger partial charge < -0.3 is 14.6 Å². The molecular formula is C25H32FN3O3. The number of aliphatic hydroxyl groups is 1. The Balaban J connectivity index is 1.97. The van der Waals surface area contributed by atoms with E-state index in [-0.39, 0.29) is 12.4 Å². The SMILES string of the molecule is CCCN(Cc1c(-c2ccccc2)nn(C)c1Oc1ccccc1F)CC(O)COCC. The molecule has 0 spiro atoms. The molecule has 1 heterocycles. The first-order valence-corrected chi connectivity index (χ1v) is 11.0. The topological polar surface area (TPSA) is 59.8 Å². The number of ether oxygens (including phenoxy) is 2. The van der Waals surface area contributed by atoms with Gasteiger partial charge in [-0.15, -0.1) is 0 Å². The van der Waals surface area contributed by atoms with Crippen molar-refractivity contribution in [3.05, 3.63) is 66.0 Å². The van der Waals surface area contributed by atoms with E-state index < -0.39 is 11.9 Å². The third-order valence-electron chi connectivity index (χ3n) is 5.08. The zero-order valence-corrected chi connectivity index (χ0v) is 19.0. The molecule has 2 aromatic carbocycles. The summed E-state index contributed by atoms with van der Waals surface area (Å²) in [6, 6.07) is 16.2. The van der Waals surface area contributed by atoms with E-state index in [9.17, 15) is 9.50 Å². The highest BCUT2D eigenvalue weighted by atomic mass is 19.1. The molecule has 3 rings (SSSR count). The van der Waals surface area contributed by atoms with Crippen LogP contribution < -0.4 is 4.74 Å². The van der Waals surface area contributed by atoms with Crippen molar-refractivity contribution < 1.29 is 19.0 Å². The molecule has 1 unspecified atom stereocenters. The number of rotatable bonds is 12. The first-order chi connectivity index (χ1) is 15.5. The van der Waals surface area contributed by atoms with Crippen LogP contribution in [0.15, 0.2) is 54.6 Å². The highest BCUT2D eigenvalue weighted by molar-refractivity contribution is 5.65. The maximum absolute atomic E-state index is 14.3. The molecule has 32 heavy (non-hydrogen) atoms. The summed E-state index contributed by atoms with van der Waals surface area (Å²) in [6.45, 7) is 6.59. The molecule has 3 aromatic rings. The van der Waals surface area contributed by atoms with Crippen molar-refractivity contribution in [2.75, 3.05) is 26.3 Å². The maximum Gasteiger partial charge on any atom is 0.222 e. The molecule has 0 aliphatic carbocycles. The largest absolute Gasteiger partial charge is 0.436 e. The number of para-hydroxylation sites is 1. The molecule has 0 saturated carbocycles. The van der Waals surface area contributed by atoms with Crippen LogP contribution in [0.3, 0.4) is 0 Å². The number of aromatic nitrogens is 2. The van der Waals surface area contributed by atoms with Gasteiger partial charge in [-0.3, -0.25) is 4.90 Å². The smallest absolute Gasteiger partial charge is 0.222 e. The van der Waals surface area contributed by atoms with E-state index in [1.54, 1.807) is 29.9 Å². The van der Waals surface area contributed by atoms with Crippen molar-refractivity contribution in [1.82, 2.24) is 14.7 Å². The van der Waals surface area contributed by atoms with Gasteiger partial charge in [0.05, 0.1) is 18.3 Å². The van der Waals surface area contributed by atoms with Gasteiger partial charge in [0, 0.05) is 32.3 Å². The normalized spacial score (nSPS) is 12.3. The summed E-state index contributed by atoms with van der Waals surface area (Å²) in [6.07, 6.45) is 0.320. The van der Waals surface area contributed by atoms with Crippen molar-refractivity contribution in [2.24, 2.45) is 7.05 Å². The fourth-order valence-electron chi connectivity index (χ4n) is 3.66. The van der Waals surface area contributed by atoms with Gasteiger partial charge in [0.25, 0.3) is 0 Å². The van der Waals surface area contributed by atoms with E-state index in [2.05, 4.69) is 11.8 Å². The highest BCUT2D eigenvalue weighted by Crippen LogP contribution is 2.35. The molecule has 1 aromatic heterocycles. The quantitative estimate of drug-likeness (QED) is 0.444. The average Bonchev–Trinajstić information content (AvgIpc) is 3.09. The Morgan fingerprint density at radius 1 is 1.09 bits per heavy atom. The van der Waals surface area contributed by atoms with Gasteiger partial charge >= 0.3 is 0 Å². The molecule has 0 amide bonds. The van der Waals surface area contributed by atoms with E-state index in [1.165, 1.54) is 6.07 Å². The van der Waals surface area contributed by atoms with Gasteiger partial charge in [-0.1, -0.05) is 49.4 Å². The van der Waals surface area contributed by atoms with Crippen LogP contribution in [0.25, 0.3) is 11.3 Å². The summed E-state index contributed by atoms with van der Waals surface area (Å²) >= 11 is 0. The van der Waals surface area contributed by atoms with Crippen LogP contribution in [0.1, 0.15) is 25.8 Å². The minimum absolute atomic E-state index is 0.148. The number of aliphatic hydroxyl groups excluding tert-OH is 1. The first kappa shape index (κ1) is 23.9. The summed E-state index contributed by atoms with van der Waals surface area (Å²) in [7, 11) is 1.79. The Hall–Kier alpha value is -2.74. The molecule has 6 nitrogen and oxygen atoms in total. The third-order valence-corrected chi connectivity index (χ3v) is 5.08. The monoisotopic (exact) mass is 441 g/mol. The zero-order chi connectivity index (χ0) is 22.9. The molecule has 7 heteroatoms. The molecule has 172 valence electrons. The number of hydrogen-bond donors (Lipinski definition) is 1. The van der Waals surface area contributed by atoms with Crippen LogP contribution in [0.5, 0.6) is 11.6 Å². The van der Waals surface area contributed by atoms with Crippen LogP contribution in [-0.2, 0) is 18.3 Å². The second kappa shape index (κ2) is 11.8. The van der Waals surface area contributed by atoms with E-state index >= 15 is 0 Å². The fraction of sp³-hybridized carbons (Fsp3) is 0.400. The molecule has 0 aliphatic rings. The van der Waals surface area contributed by atoms with Gasteiger partial charge in [0.2, 0.25) is 5.88 Å². The number of hydrogen-bond acceptors (Lipinski definition) is 5. The number of nitrogens with zero attached hydrogens (tertiary/aromatic N) is 3. The Morgan fingerprint density at radius 2 is 1.81 bits per heavy atom. The Bertz CT molecular complexity index is 978. The molecular weight excluding hydrogens is 409 g/mol. The van der Waals surface area contributed by atoms with Crippen molar-refractivity contribution >= 4 is 0 Å². The Morgan fingerprint density at radius 3 is 2.50 bits per heavy atom. The number of aryl methyl sites for hydroxylation is 1. The van der Waals surface area contributed by atoms with Crippen molar-refractivity contribution in [3.8, 4) is 22.9 Å². The zero-order valence-electron chi connectivity index (χ0n) is 19.0. The molecule has 0 aliphatic heterocycles. The number of benzene rings is 2. The van der Waals surface area contributed by atoms with Crippen LogP contribution in [-0.4, -0.2) is 52.2 Å². The van der Waals surface area contributed by atoms with Crippen LogP contribution >= 0.6 is 0 Å². The second-order valence-corrected chi connectivity index (χ2v) is 7.70. The summed E-state index contributed by atoms with van der Waals surface area (Å²) < 4.78 is 27.4. The summed E-state index contributed by atoms with van der Waals surface area (Å²) in [5, 5.41) is 15.1. The lowest BCUT2D eigenvalue weighted by atomic mass is 10.1. The lowest BCUT2D eigenvalue weighted by Gasteiger charge is -2.25. The highest BCUT2D eigenvalue weighted by Gasteiger charge is 2.23. The standard InChI is InChI=1S/C25H32FN3O3/c1-4-15-29(16-20(30)18-31-5-2)17-21-24(19-11-7-6-8-12-19)27-28(3)25(21)32-23-14-10-9-13-22(23)26/h6-14,20,30H,4-5,15-18H2,1-3H3. The summed E-state index contributed by atoms with van der Waals surface area (Å²) in [4.78, 5) is 2.15. The van der Waals surface area contributed by atoms with Gasteiger partial charge in [-0.25, -0.2) is 9.07 Å². The molecule has 0 bridgehead atoms. The van der Waals surface area contributed by atoms with Gasteiger partial charge in [0.15, 0.2) is 11.6 Å². The third kappa shape index (κ3) is 6.16. The fourth-order valence-corrected chi connectivity index (χ4v) is 3.66. The van der Waals surface area contributed by atoms with E-state index in [4.69, 9.17) is 14.6 Å². The summed E-state index contributed by atoms with van der Waals surface area (Å²) in [5.41, 5.74) is 2.58. The van der Waals surface area contributed by atoms with E-state index in [1.807, 2.05) is 37.3 Å². The molecule has 0 saturated heterocycles. The van der Waals surface area contributed by atoms with Crippen LogP contribution in [0, 0.1) is 5.82 Å². The van der Waals surface area contributed by atoms with Gasteiger partial charge in [-0.2, -0.15) is 5.10 Å². The lowest BCUT2D eigenvalue weighted by molar-refractivity contribution is 0.0195. The molecule has 0 fully saturated rings. The Kier molecular flexibility index (Phi) is 8.79. The minimum Gasteiger partial charge on any atom is -0.436 e. The molecule has 1 N–H and O–H groups in total. The van der Waals surface area contributed by atoms with Crippen molar-refractivity contribution in [1.29, 1.82) is 0 Å². The van der Waals surface area contributed by atoms with Crippen molar-refractivity contribution in [3.63, 3.8) is 0 Å². The van der Waals surface area contributed by atoms with Crippen molar-refractivity contribution in [2.45, 2.75) is 32.9 Å².